The fourth-order valence-electron chi connectivity index (χ4n) is 2.70. The molecule has 6 nitrogen and oxygen atoms in total. The molecule has 0 atom stereocenters. The third-order valence-electron chi connectivity index (χ3n) is 4.15. The van der Waals surface area contributed by atoms with Gasteiger partial charge in [0.1, 0.15) is 0 Å². The van der Waals surface area contributed by atoms with E-state index in [1.807, 2.05) is 0 Å². The van der Waals surface area contributed by atoms with Crippen molar-refractivity contribution < 1.29 is 29.3 Å². The third kappa shape index (κ3) is 22.3. The average molecular weight is 373 g/mol. The molecule has 0 aliphatic heterocycles. The number of hydrogen-bond acceptors (Lipinski definition) is 4. The van der Waals surface area contributed by atoms with Crippen molar-refractivity contribution in [2.24, 2.45) is 0 Å². The monoisotopic (exact) mass is 372 g/mol. The van der Waals surface area contributed by atoms with Gasteiger partial charge in [0, 0.05) is 0 Å². The molecule has 2 N–H and O–H groups in total. The minimum absolute atomic E-state index is 0.317. The van der Waals surface area contributed by atoms with Gasteiger partial charge < -0.3 is 19.7 Å². The van der Waals surface area contributed by atoms with Crippen LogP contribution >= 0.6 is 0 Å². The molecule has 0 saturated heterocycles. The van der Waals surface area contributed by atoms with Crippen LogP contribution in [-0.4, -0.2) is 35.7 Å². The van der Waals surface area contributed by atoms with Gasteiger partial charge in [0.2, 0.25) is 0 Å². The lowest BCUT2D eigenvalue weighted by Crippen LogP contribution is -2.01. The maximum Gasteiger partial charge on any atom is 0.505 e. The Kier molecular flexibility index (Phi) is 18.3. The second-order valence-corrected chi connectivity index (χ2v) is 6.52. The van der Waals surface area contributed by atoms with Gasteiger partial charge in [-0.25, -0.2) is 9.59 Å². The lowest BCUT2D eigenvalue weighted by Gasteiger charge is -2.01. The molecule has 0 spiro atoms. The normalized spacial score (nSPS) is 10.9. The maximum atomic E-state index is 10.2. The molecule has 0 rings (SSSR count). The van der Waals surface area contributed by atoms with Crippen LogP contribution in [-0.2, 0) is 9.47 Å². The van der Waals surface area contributed by atoms with Crippen molar-refractivity contribution >= 4 is 12.3 Å². The first-order valence-corrected chi connectivity index (χ1v) is 9.99. The number of ether oxygens (including phenoxy) is 2. The molecule has 0 aromatic heterocycles. The Balaban J connectivity index is 3.11. The van der Waals surface area contributed by atoms with E-state index in [1.54, 1.807) is 0 Å². The van der Waals surface area contributed by atoms with E-state index in [4.69, 9.17) is 10.2 Å². The zero-order chi connectivity index (χ0) is 19.3. The van der Waals surface area contributed by atoms with E-state index >= 15 is 0 Å². The van der Waals surface area contributed by atoms with Crippen LogP contribution in [0.3, 0.4) is 0 Å². The van der Waals surface area contributed by atoms with Crippen molar-refractivity contribution in [2.75, 3.05) is 13.2 Å². The molecule has 26 heavy (non-hydrogen) atoms. The van der Waals surface area contributed by atoms with E-state index in [0.29, 0.717) is 13.2 Å². The van der Waals surface area contributed by atoms with Gasteiger partial charge in [-0.2, -0.15) is 0 Å². The van der Waals surface area contributed by atoms with Gasteiger partial charge in [-0.3, -0.25) is 0 Å². The molecule has 0 heterocycles. The van der Waals surface area contributed by atoms with E-state index in [-0.39, 0.29) is 0 Å². The lowest BCUT2D eigenvalue weighted by atomic mass is 10.1. The molecule has 0 aliphatic carbocycles. The van der Waals surface area contributed by atoms with E-state index < -0.39 is 12.3 Å². The molecular weight excluding hydrogens is 336 g/mol. The number of allylic oxidation sites excluding steroid dienone is 2. The van der Waals surface area contributed by atoms with Crippen molar-refractivity contribution in [1.82, 2.24) is 0 Å². The number of carboxylic acid groups (broad SMARTS) is 2. The molecule has 0 aliphatic rings. The van der Waals surface area contributed by atoms with Crippen LogP contribution < -0.4 is 0 Å². The van der Waals surface area contributed by atoms with Crippen LogP contribution in [0.4, 0.5) is 9.59 Å². The lowest BCUT2D eigenvalue weighted by molar-refractivity contribution is 0.0887. The summed E-state index contributed by atoms with van der Waals surface area (Å²) in [6.45, 7) is 0.633. The minimum atomic E-state index is -1.18. The summed E-state index contributed by atoms with van der Waals surface area (Å²) in [6.07, 6.45) is 17.8. The summed E-state index contributed by atoms with van der Waals surface area (Å²) in [5.74, 6) is 0. The Morgan fingerprint density at radius 3 is 1.19 bits per heavy atom. The molecule has 0 unspecified atom stereocenters. The quantitative estimate of drug-likeness (QED) is 0.164. The second-order valence-electron chi connectivity index (χ2n) is 6.52. The Morgan fingerprint density at radius 2 is 0.846 bits per heavy atom. The van der Waals surface area contributed by atoms with Crippen molar-refractivity contribution in [3.05, 3.63) is 12.2 Å². The van der Waals surface area contributed by atoms with Gasteiger partial charge in [0.05, 0.1) is 13.2 Å². The molecule has 6 heteroatoms. The summed E-state index contributed by atoms with van der Waals surface area (Å²) >= 11 is 0. The van der Waals surface area contributed by atoms with Crippen molar-refractivity contribution in [1.29, 1.82) is 0 Å². The molecule has 152 valence electrons. The highest BCUT2D eigenvalue weighted by Crippen LogP contribution is 2.10. The van der Waals surface area contributed by atoms with Crippen molar-refractivity contribution in [3.8, 4) is 0 Å². The first-order chi connectivity index (χ1) is 12.6. The summed E-state index contributed by atoms with van der Waals surface area (Å²) in [6, 6.07) is 0. The first-order valence-electron chi connectivity index (χ1n) is 9.99. The molecule has 0 aromatic rings. The van der Waals surface area contributed by atoms with Crippen LogP contribution in [0.2, 0.25) is 0 Å². The van der Waals surface area contributed by atoms with Gasteiger partial charge in [-0.15, -0.1) is 0 Å². The Bertz CT molecular complexity index is 333. The molecule has 0 aromatic carbocycles. The highest BCUT2D eigenvalue weighted by atomic mass is 16.7. The summed E-state index contributed by atoms with van der Waals surface area (Å²) in [7, 11) is 0. The van der Waals surface area contributed by atoms with Gasteiger partial charge in [-0.1, -0.05) is 63.5 Å². The fourth-order valence-corrected chi connectivity index (χ4v) is 2.70. The van der Waals surface area contributed by atoms with Crippen LogP contribution in [0, 0.1) is 0 Å². The topological polar surface area (TPSA) is 93.1 Å². The second kappa shape index (κ2) is 19.6. The summed E-state index contributed by atoms with van der Waals surface area (Å²) < 4.78 is 8.92. The number of carbonyl (C=O) groups is 2. The SMILES string of the molecule is O=C(O)OCCCCCCCCC=CCCCCCCCCOC(=O)O. The third-order valence-corrected chi connectivity index (χ3v) is 4.15. The zero-order valence-corrected chi connectivity index (χ0v) is 16.0. The summed E-state index contributed by atoms with van der Waals surface area (Å²) in [4.78, 5) is 20.3. The predicted octanol–water partition coefficient (Wildman–Crippen LogP) is 6.39. The van der Waals surface area contributed by atoms with Gasteiger partial charge in [-0.05, 0) is 38.5 Å². The fraction of sp³-hybridized carbons (Fsp3) is 0.800. The predicted molar refractivity (Wildman–Crippen MR) is 102 cm³/mol. The maximum absolute atomic E-state index is 10.2. The number of rotatable bonds is 18. The van der Waals surface area contributed by atoms with Crippen LogP contribution in [0.1, 0.15) is 89.9 Å². The van der Waals surface area contributed by atoms with Crippen molar-refractivity contribution in [3.63, 3.8) is 0 Å². The average Bonchev–Trinajstić information content (AvgIpc) is 2.59. The highest BCUT2D eigenvalue weighted by molar-refractivity contribution is 5.56. The largest absolute Gasteiger partial charge is 0.505 e. The smallest absolute Gasteiger partial charge is 0.450 e. The van der Waals surface area contributed by atoms with Gasteiger partial charge in [0.25, 0.3) is 0 Å². The van der Waals surface area contributed by atoms with E-state index in [9.17, 15) is 9.59 Å². The van der Waals surface area contributed by atoms with E-state index in [0.717, 1.165) is 51.4 Å². The standard InChI is InChI=1S/C20H36O6/c21-19(22)25-17-15-13-11-9-7-5-3-1-2-4-6-8-10-12-14-16-18-26-20(23)24/h1-2H,3-18H2,(H,21,22)(H,23,24). The first kappa shape index (κ1) is 24.3. The number of hydrogen-bond donors (Lipinski definition) is 2. The molecule has 0 amide bonds. The van der Waals surface area contributed by atoms with E-state index in [2.05, 4.69) is 21.6 Å². The van der Waals surface area contributed by atoms with Gasteiger partial charge >= 0.3 is 12.3 Å². The molecule has 0 saturated carbocycles. The molecule has 0 bridgehead atoms. The van der Waals surface area contributed by atoms with Crippen LogP contribution in [0.25, 0.3) is 0 Å². The van der Waals surface area contributed by atoms with E-state index in [1.165, 1.54) is 38.5 Å². The van der Waals surface area contributed by atoms with Crippen molar-refractivity contribution in [2.45, 2.75) is 89.9 Å². The Hall–Kier alpha value is -1.72. The minimum Gasteiger partial charge on any atom is -0.450 e. The Morgan fingerprint density at radius 1 is 0.538 bits per heavy atom. The molecule has 0 radical (unpaired) electrons. The molecule has 0 fully saturated rings. The highest BCUT2D eigenvalue weighted by Gasteiger charge is 1.97. The van der Waals surface area contributed by atoms with Crippen LogP contribution in [0.5, 0.6) is 0 Å². The molecular formula is C20H36O6. The summed E-state index contributed by atoms with van der Waals surface area (Å²) in [5, 5.41) is 16.6. The van der Waals surface area contributed by atoms with Gasteiger partial charge in [0.15, 0.2) is 0 Å². The van der Waals surface area contributed by atoms with Crippen LogP contribution in [0.15, 0.2) is 12.2 Å². The summed E-state index contributed by atoms with van der Waals surface area (Å²) in [5.41, 5.74) is 0. The zero-order valence-electron chi connectivity index (χ0n) is 16.0. The Labute approximate surface area is 157 Å². The number of unbranched alkanes of at least 4 members (excludes halogenated alkanes) is 12.